The van der Waals surface area contributed by atoms with E-state index in [1.165, 1.54) is 24.0 Å². The zero-order valence-corrected chi connectivity index (χ0v) is 40.7. The summed E-state index contributed by atoms with van der Waals surface area (Å²) < 4.78 is 15.9. The minimum Gasteiger partial charge on any atom is -0.463 e. The van der Waals surface area contributed by atoms with Crippen molar-refractivity contribution in [1.82, 2.24) is 31.5 Å². The molecule has 1 saturated heterocycles. The number of carbonyl (C=O) groups is 7. The minimum atomic E-state index is -1.15. The van der Waals surface area contributed by atoms with Crippen LogP contribution in [0.25, 0.3) is 0 Å². The van der Waals surface area contributed by atoms with Gasteiger partial charge in [-0.3, -0.25) is 24.1 Å². The van der Waals surface area contributed by atoms with Crippen LogP contribution in [-0.4, -0.2) is 102 Å². The van der Waals surface area contributed by atoms with E-state index >= 15 is 0 Å². The molecule has 5 N–H and O–H groups in total. The summed E-state index contributed by atoms with van der Waals surface area (Å²) in [7, 11) is 0. The third kappa shape index (κ3) is 16.9. The number of hydrogen-bond acceptors (Lipinski definition) is 10. The second-order valence-corrected chi connectivity index (χ2v) is 18.7. The highest BCUT2D eigenvalue weighted by atomic mass is 16.6. The molecule has 1 fully saturated rings. The number of unbranched alkanes of at least 4 members (excludes halogenated alkanes) is 1. The van der Waals surface area contributed by atoms with Gasteiger partial charge in [0.2, 0.25) is 23.6 Å². The van der Waals surface area contributed by atoms with Gasteiger partial charge < -0.3 is 40.8 Å². The molecule has 0 saturated carbocycles. The molecule has 0 radical (unpaired) electrons. The third-order valence-electron chi connectivity index (χ3n) is 10.9. The van der Waals surface area contributed by atoms with Gasteiger partial charge in [0, 0.05) is 31.6 Å². The lowest BCUT2D eigenvalue weighted by Gasteiger charge is -2.37. The van der Waals surface area contributed by atoms with Crippen molar-refractivity contribution < 1.29 is 47.8 Å². The lowest BCUT2D eigenvalue weighted by atomic mass is 9.77. The Morgan fingerprint density at radius 3 is 1.81 bits per heavy atom. The summed E-state index contributed by atoms with van der Waals surface area (Å²) in [5, 5.41) is 14.4. The highest BCUT2D eigenvalue weighted by Crippen LogP contribution is 2.37. The normalized spacial score (nSPS) is 15.3. The van der Waals surface area contributed by atoms with E-state index in [1.807, 2.05) is 91.0 Å². The van der Waals surface area contributed by atoms with Crippen LogP contribution in [0, 0.1) is 0 Å². The molecule has 3 aromatic carbocycles. The van der Waals surface area contributed by atoms with Gasteiger partial charge in [0.05, 0.1) is 6.61 Å². The first-order chi connectivity index (χ1) is 32.2. The fraction of sp³-hybridized carbons (Fsp3) is 0.481. The fourth-order valence-corrected chi connectivity index (χ4v) is 7.72. The highest BCUT2D eigenvalue weighted by molar-refractivity contribution is 5.94. The van der Waals surface area contributed by atoms with E-state index in [2.05, 4.69) is 26.6 Å². The Hall–Kier alpha value is -6.71. The Kier molecular flexibility index (Phi) is 20.2. The summed E-state index contributed by atoms with van der Waals surface area (Å²) >= 11 is 0. The smallest absolute Gasteiger partial charge is 0.410 e. The highest BCUT2D eigenvalue weighted by Gasteiger charge is 2.39. The van der Waals surface area contributed by atoms with E-state index in [0.29, 0.717) is 32.2 Å². The number of nitrogens with one attached hydrogen (secondary N) is 5. The van der Waals surface area contributed by atoms with E-state index in [-0.39, 0.29) is 38.3 Å². The first-order valence-corrected chi connectivity index (χ1v) is 23.4. The van der Waals surface area contributed by atoms with Crippen LogP contribution >= 0.6 is 0 Å². The first-order valence-electron chi connectivity index (χ1n) is 23.4. The SMILES string of the molecule is CCOC(=O)/C=C/[C@H](CCC(=O)NC(c1ccccc1)(c1ccccc1)c1ccccc1)NC(=O)[C@H](CCCCNC(=O)OC(C)(C)C)NC(=O)[C@H](C)NC(=O)[C@@H]1CCCN1C(=O)OC(C)(C)C. The van der Waals surface area contributed by atoms with Gasteiger partial charge in [-0.25, -0.2) is 14.4 Å². The molecule has 0 aromatic heterocycles. The van der Waals surface area contributed by atoms with E-state index < -0.39 is 76.8 Å². The van der Waals surface area contributed by atoms with Crippen LogP contribution in [0.1, 0.15) is 117 Å². The van der Waals surface area contributed by atoms with Gasteiger partial charge >= 0.3 is 18.2 Å². The van der Waals surface area contributed by atoms with E-state index in [4.69, 9.17) is 14.2 Å². The van der Waals surface area contributed by atoms with Gasteiger partial charge in [-0.05, 0) is 111 Å². The zero-order valence-electron chi connectivity index (χ0n) is 40.7. The number of amides is 6. The summed E-state index contributed by atoms with van der Waals surface area (Å²) in [6, 6.07) is 24.9. The maximum absolute atomic E-state index is 14.3. The quantitative estimate of drug-likeness (QED) is 0.0255. The molecule has 0 spiro atoms. The standard InChI is InChI=1S/C52H70N6O10/c1-9-66-44(60)33-31-40(30-32-43(59)57-52(37-22-13-10-14-23-37,38-24-15-11-16-25-38)39-26-17-12-18-27-39)55-46(62)41(28-19-20-34-53-48(64)67-50(3,4)5)56-45(61)36(2)54-47(63)42-29-21-35-58(42)49(65)68-51(6,7)8/h10-18,22-27,31,33,36,40-42H,9,19-21,28-30,32,34-35H2,1-8H3,(H,53,64)(H,54,63)(H,55,62)(H,56,61)(H,57,59)/b33-31+/t36-,40-,41-,42-/m0/s1. The van der Waals surface area contributed by atoms with Crippen LogP contribution < -0.4 is 26.6 Å². The molecule has 16 nitrogen and oxygen atoms in total. The maximum Gasteiger partial charge on any atom is 0.410 e. The number of alkyl carbamates (subject to hydrolysis) is 1. The molecule has 4 atom stereocenters. The van der Waals surface area contributed by atoms with Gasteiger partial charge in [0.15, 0.2) is 0 Å². The van der Waals surface area contributed by atoms with Crippen molar-refractivity contribution >= 4 is 41.8 Å². The van der Waals surface area contributed by atoms with Gasteiger partial charge in [-0.1, -0.05) is 97.1 Å². The van der Waals surface area contributed by atoms with Crippen molar-refractivity contribution in [1.29, 1.82) is 0 Å². The average molecular weight is 939 g/mol. The van der Waals surface area contributed by atoms with E-state index in [9.17, 15) is 33.6 Å². The number of rotatable bonds is 21. The van der Waals surface area contributed by atoms with Crippen molar-refractivity contribution in [2.75, 3.05) is 19.7 Å². The molecular formula is C52H70N6O10. The van der Waals surface area contributed by atoms with Crippen molar-refractivity contribution in [3.8, 4) is 0 Å². The van der Waals surface area contributed by atoms with Crippen LogP contribution in [-0.2, 0) is 43.7 Å². The Morgan fingerprint density at radius 2 is 1.28 bits per heavy atom. The number of carbonyl (C=O) groups excluding carboxylic acids is 7. The largest absolute Gasteiger partial charge is 0.463 e. The number of likely N-dealkylation sites (tertiary alicyclic amines) is 1. The van der Waals surface area contributed by atoms with E-state index in [1.54, 1.807) is 48.5 Å². The molecule has 1 heterocycles. The summed E-state index contributed by atoms with van der Waals surface area (Å²) in [6.45, 7) is 14.3. The molecule has 0 unspecified atom stereocenters. The molecule has 1 aliphatic heterocycles. The second kappa shape index (κ2) is 25.4. The van der Waals surface area contributed by atoms with Crippen molar-refractivity contribution in [3.63, 3.8) is 0 Å². The maximum atomic E-state index is 14.3. The van der Waals surface area contributed by atoms with Crippen molar-refractivity contribution in [3.05, 3.63) is 120 Å². The number of nitrogens with zero attached hydrogens (tertiary/aromatic N) is 1. The summed E-state index contributed by atoms with van der Waals surface area (Å²) in [5.41, 5.74) is -0.0751. The molecule has 1 aliphatic rings. The Bertz CT molecular complexity index is 2080. The zero-order chi connectivity index (χ0) is 49.9. The lowest BCUT2D eigenvalue weighted by Crippen LogP contribution is -2.56. The van der Waals surface area contributed by atoms with Gasteiger partial charge in [0.1, 0.15) is 34.9 Å². The number of esters is 1. The topological polar surface area (TPSA) is 211 Å². The summed E-state index contributed by atoms with van der Waals surface area (Å²) in [6.07, 6.45) is 3.23. The van der Waals surface area contributed by atoms with Crippen LogP contribution in [0.4, 0.5) is 9.59 Å². The van der Waals surface area contributed by atoms with Crippen LogP contribution in [0.15, 0.2) is 103 Å². The second-order valence-electron chi connectivity index (χ2n) is 18.7. The number of hydrogen-bond donors (Lipinski definition) is 5. The Balaban J connectivity index is 1.55. The van der Waals surface area contributed by atoms with Crippen molar-refractivity contribution in [2.24, 2.45) is 0 Å². The molecule has 0 aliphatic carbocycles. The van der Waals surface area contributed by atoms with Gasteiger partial charge in [-0.15, -0.1) is 0 Å². The van der Waals surface area contributed by atoms with Crippen LogP contribution in [0.5, 0.6) is 0 Å². The molecule has 3 aromatic rings. The fourth-order valence-electron chi connectivity index (χ4n) is 7.72. The predicted octanol–water partition coefficient (Wildman–Crippen LogP) is 6.56. The summed E-state index contributed by atoms with van der Waals surface area (Å²) in [5.74, 6) is -2.81. The monoisotopic (exact) mass is 939 g/mol. The molecule has 16 heteroatoms. The van der Waals surface area contributed by atoms with Gasteiger partial charge in [0.25, 0.3) is 0 Å². The number of benzene rings is 3. The molecular weight excluding hydrogens is 869 g/mol. The van der Waals surface area contributed by atoms with Crippen LogP contribution in [0.3, 0.4) is 0 Å². The average Bonchev–Trinajstić information content (AvgIpc) is 3.79. The molecule has 4 rings (SSSR count). The lowest BCUT2D eigenvalue weighted by molar-refractivity contribution is -0.137. The van der Waals surface area contributed by atoms with Crippen molar-refractivity contribution in [2.45, 2.75) is 141 Å². The molecule has 368 valence electrons. The Morgan fingerprint density at radius 1 is 0.721 bits per heavy atom. The third-order valence-corrected chi connectivity index (χ3v) is 10.9. The number of ether oxygens (including phenoxy) is 3. The van der Waals surface area contributed by atoms with Gasteiger partial charge in [-0.2, -0.15) is 0 Å². The first kappa shape index (κ1) is 53.9. The van der Waals surface area contributed by atoms with E-state index in [0.717, 1.165) is 16.7 Å². The Labute approximate surface area is 400 Å². The predicted molar refractivity (Wildman–Crippen MR) is 258 cm³/mol. The van der Waals surface area contributed by atoms with Crippen LogP contribution in [0.2, 0.25) is 0 Å². The molecule has 6 amide bonds. The molecule has 68 heavy (non-hydrogen) atoms. The molecule has 0 bridgehead atoms. The minimum absolute atomic E-state index is 0.0460. The summed E-state index contributed by atoms with van der Waals surface area (Å²) in [4.78, 5) is 94.9.